The highest BCUT2D eigenvalue weighted by atomic mass is 16.5. The van der Waals surface area contributed by atoms with Gasteiger partial charge in [-0.3, -0.25) is 0 Å². The highest BCUT2D eigenvalue weighted by molar-refractivity contribution is 5.91. The Balaban J connectivity index is 1.39. The van der Waals surface area contributed by atoms with Crippen LogP contribution < -0.4 is 4.74 Å². The van der Waals surface area contributed by atoms with Gasteiger partial charge in [-0.1, -0.05) is 111 Å². The third kappa shape index (κ3) is 7.01. The number of allylic oxidation sites excluding steroid dienone is 3. The average Bonchev–Trinajstić information content (AvgIpc) is 3.57. The van der Waals surface area contributed by atoms with Crippen molar-refractivity contribution in [3.8, 4) is 11.8 Å². The summed E-state index contributed by atoms with van der Waals surface area (Å²) in [7, 11) is 0. The Morgan fingerprint density at radius 2 is 1.52 bits per heavy atom. The smallest absolute Gasteiger partial charge is 0.127 e. The molecule has 1 saturated carbocycles. The van der Waals surface area contributed by atoms with E-state index in [4.69, 9.17) is 21.7 Å². The van der Waals surface area contributed by atoms with Gasteiger partial charge < -0.3 is 14.9 Å². The van der Waals surface area contributed by atoms with E-state index in [1.165, 1.54) is 48.8 Å². The minimum atomic E-state index is -0.353. The van der Waals surface area contributed by atoms with E-state index in [-0.39, 0.29) is 17.4 Å². The molecule has 0 bridgehead atoms. The maximum Gasteiger partial charge on any atom is 0.127 e. The second-order valence-electron chi connectivity index (χ2n) is 12.6. The summed E-state index contributed by atoms with van der Waals surface area (Å²) in [5, 5.41) is 29.5. The van der Waals surface area contributed by atoms with Gasteiger partial charge in [-0.05, 0) is 79.0 Å². The van der Waals surface area contributed by atoms with Crippen LogP contribution in [0.5, 0.6) is 5.75 Å². The molecule has 4 heteroatoms. The molecule has 0 aromatic heterocycles. The second kappa shape index (κ2) is 15.4. The molecular weight excluding hydrogens is 542 g/mol. The maximum absolute atomic E-state index is 11.4. The van der Waals surface area contributed by atoms with E-state index in [9.17, 15) is 5.11 Å². The molecule has 2 N–H and O–H groups in total. The number of fused-ring (bicyclic) bond motifs is 1. The van der Waals surface area contributed by atoms with Gasteiger partial charge in [0.05, 0.1) is 17.7 Å². The molecule has 0 aliphatic heterocycles. The molecule has 0 spiro atoms. The minimum Gasteiger partial charge on any atom is -0.488 e. The zero-order valence-corrected chi connectivity index (χ0v) is 26.0. The van der Waals surface area contributed by atoms with E-state index in [0.717, 1.165) is 67.4 Å². The Labute approximate surface area is 263 Å². The van der Waals surface area contributed by atoms with E-state index in [1.807, 2.05) is 36.4 Å². The standard InChI is InChI=1S/C40H47NO3/c1-30(35-18-12-13-19-38(35)44-29-32-22-20-31(28-41)21-23-32)40-25-24-37(43)36(40)27-34(39(40)33-15-10-8-11-16-33)17-9-6-4-2-3-5-7-14-26-42/h8,10-13,15-16,18-23,36-37,42-43H,1-7,9,14,17,24-27,29H2. The average molecular weight is 590 g/mol. The molecule has 0 amide bonds. The van der Waals surface area contributed by atoms with Gasteiger partial charge in [0.1, 0.15) is 12.4 Å². The molecular formula is C40H47NO3. The number of aliphatic hydroxyl groups is 2. The van der Waals surface area contributed by atoms with E-state index in [0.29, 0.717) is 18.8 Å². The molecule has 4 nitrogen and oxygen atoms in total. The molecule has 5 rings (SSSR count). The van der Waals surface area contributed by atoms with Crippen LogP contribution >= 0.6 is 0 Å². The highest BCUT2D eigenvalue weighted by Crippen LogP contribution is 2.66. The van der Waals surface area contributed by atoms with Gasteiger partial charge in [-0.15, -0.1) is 0 Å². The first kappa shape index (κ1) is 31.8. The summed E-state index contributed by atoms with van der Waals surface area (Å²) >= 11 is 0. The molecule has 1 fully saturated rings. The molecule has 2 aliphatic carbocycles. The SMILES string of the molecule is C=C(c1ccccc1OCc1ccc(C#N)cc1)C12CCC(O)C1CC(CCCCCCCCCCO)=C2c1ccccc1. The predicted octanol–water partition coefficient (Wildman–Crippen LogP) is 9.27. The fourth-order valence-corrected chi connectivity index (χ4v) is 7.64. The van der Waals surface area contributed by atoms with E-state index in [2.05, 4.69) is 48.5 Å². The molecule has 230 valence electrons. The second-order valence-corrected chi connectivity index (χ2v) is 12.6. The number of aliphatic hydroxyl groups excluding tert-OH is 2. The third-order valence-corrected chi connectivity index (χ3v) is 9.88. The quantitative estimate of drug-likeness (QED) is 0.163. The Kier molecular flexibility index (Phi) is 11.1. The number of hydrogen-bond acceptors (Lipinski definition) is 4. The van der Waals surface area contributed by atoms with Crippen molar-refractivity contribution in [1.29, 1.82) is 5.26 Å². The summed E-state index contributed by atoms with van der Waals surface area (Å²) in [6, 6.07) is 28.7. The van der Waals surface area contributed by atoms with Crippen molar-refractivity contribution in [3.05, 3.63) is 113 Å². The van der Waals surface area contributed by atoms with Crippen LogP contribution in [0.4, 0.5) is 0 Å². The Morgan fingerprint density at radius 1 is 0.864 bits per heavy atom. The van der Waals surface area contributed by atoms with Crippen LogP contribution in [0.15, 0.2) is 91.0 Å². The highest BCUT2D eigenvalue weighted by Gasteiger charge is 2.57. The van der Waals surface area contributed by atoms with E-state index in [1.54, 1.807) is 0 Å². The summed E-state index contributed by atoms with van der Waals surface area (Å²) in [4.78, 5) is 0. The Bertz CT molecular complexity index is 1450. The molecule has 3 unspecified atom stereocenters. The number of benzene rings is 3. The summed E-state index contributed by atoms with van der Waals surface area (Å²) in [5.74, 6) is 0.912. The number of nitrogens with zero attached hydrogens (tertiary/aromatic N) is 1. The molecule has 0 saturated heterocycles. The van der Waals surface area contributed by atoms with Gasteiger partial charge in [0.15, 0.2) is 0 Å². The van der Waals surface area contributed by atoms with Gasteiger partial charge in [-0.2, -0.15) is 5.26 Å². The number of nitriles is 1. The number of para-hydroxylation sites is 1. The number of rotatable bonds is 16. The van der Waals surface area contributed by atoms with Gasteiger partial charge in [-0.25, -0.2) is 0 Å². The lowest BCUT2D eigenvalue weighted by Gasteiger charge is -2.37. The van der Waals surface area contributed by atoms with Gasteiger partial charge in [0.25, 0.3) is 0 Å². The van der Waals surface area contributed by atoms with Crippen LogP contribution in [0.1, 0.15) is 99.3 Å². The monoisotopic (exact) mass is 589 g/mol. The summed E-state index contributed by atoms with van der Waals surface area (Å²) in [5.41, 5.74) is 7.49. The first-order valence-corrected chi connectivity index (χ1v) is 16.6. The normalized spacial score (nSPS) is 20.8. The first-order chi connectivity index (χ1) is 21.6. The first-order valence-electron chi connectivity index (χ1n) is 16.6. The lowest BCUT2D eigenvalue weighted by atomic mass is 9.66. The maximum atomic E-state index is 11.4. The molecule has 0 heterocycles. The molecule has 3 aromatic rings. The topological polar surface area (TPSA) is 73.5 Å². The molecule has 3 aromatic carbocycles. The van der Waals surface area contributed by atoms with Crippen LogP contribution in [0.25, 0.3) is 11.1 Å². The van der Waals surface area contributed by atoms with Crippen molar-refractivity contribution in [1.82, 2.24) is 0 Å². The lowest BCUT2D eigenvalue weighted by molar-refractivity contribution is 0.119. The molecule has 3 atom stereocenters. The zero-order chi connectivity index (χ0) is 30.8. The molecule has 44 heavy (non-hydrogen) atoms. The van der Waals surface area contributed by atoms with Crippen molar-refractivity contribution < 1.29 is 14.9 Å². The zero-order valence-electron chi connectivity index (χ0n) is 26.0. The summed E-state index contributed by atoms with van der Waals surface area (Å²) in [6.07, 6.45) is 12.7. The van der Waals surface area contributed by atoms with Crippen LogP contribution in [0.3, 0.4) is 0 Å². The van der Waals surface area contributed by atoms with Gasteiger partial charge in [0, 0.05) is 23.5 Å². The Hall–Kier alpha value is -3.65. The third-order valence-electron chi connectivity index (χ3n) is 9.88. The van der Waals surface area contributed by atoms with Gasteiger partial charge in [0.2, 0.25) is 0 Å². The van der Waals surface area contributed by atoms with Crippen LogP contribution in [-0.4, -0.2) is 22.9 Å². The summed E-state index contributed by atoms with van der Waals surface area (Å²) in [6.45, 7) is 5.51. The van der Waals surface area contributed by atoms with Crippen LogP contribution in [0, 0.1) is 22.7 Å². The van der Waals surface area contributed by atoms with E-state index < -0.39 is 0 Å². The fourth-order valence-electron chi connectivity index (χ4n) is 7.64. The van der Waals surface area contributed by atoms with Crippen molar-refractivity contribution >= 4 is 11.1 Å². The predicted molar refractivity (Wildman–Crippen MR) is 179 cm³/mol. The van der Waals surface area contributed by atoms with Crippen molar-refractivity contribution in [2.24, 2.45) is 11.3 Å². The summed E-state index contributed by atoms with van der Waals surface area (Å²) < 4.78 is 6.42. The minimum absolute atomic E-state index is 0.110. The number of hydrogen-bond donors (Lipinski definition) is 2. The largest absolute Gasteiger partial charge is 0.488 e. The van der Waals surface area contributed by atoms with Crippen LogP contribution in [0.2, 0.25) is 0 Å². The van der Waals surface area contributed by atoms with Gasteiger partial charge >= 0.3 is 0 Å². The number of ether oxygens (including phenoxy) is 1. The van der Waals surface area contributed by atoms with Crippen molar-refractivity contribution in [3.63, 3.8) is 0 Å². The van der Waals surface area contributed by atoms with Crippen molar-refractivity contribution in [2.75, 3.05) is 6.61 Å². The van der Waals surface area contributed by atoms with Crippen LogP contribution in [-0.2, 0) is 6.61 Å². The molecule has 0 radical (unpaired) electrons. The lowest BCUT2D eigenvalue weighted by Crippen LogP contribution is -2.29. The Morgan fingerprint density at radius 3 is 2.23 bits per heavy atom. The van der Waals surface area contributed by atoms with Crippen molar-refractivity contribution in [2.45, 2.75) is 89.8 Å². The fraction of sp³-hybridized carbons (Fsp3) is 0.425. The molecule has 2 aliphatic rings. The van der Waals surface area contributed by atoms with E-state index >= 15 is 0 Å². The number of unbranched alkanes of at least 4 members (excludes halogenated alkanes) is 7.